The Morgan fingerprint density at radius 2 is 2.05 bits per heavy atom. The number of benzene rings is 1. The Kier molecular flexibility index (Phi) is 5.02. The largest absolute Gasteiger partial charge is 0.486 e. The number of fused-ring (bicyclic) bond motifs is 1. The number of nitrogens with one attached hydrogen (secondary N) is 1. The van der Waals surface area contributed by atoms with E-state index in [-0.39, 0.29) is 11.5 Å². The number of hydrogen-bond acceptors (Lipinski definition) is 5. The van der Waals surface area contributed by atoms with Gasteiger partial charge in [-0.05, 0) is 31.0 Å². The molecule has 0 saturated carbocycles. The molecule has 0 saturated heterocycles. The van der Waals surface area contributed by atoms with Crippen molar-refractivity contribution in [3.05, 3.63) is 23.8 Å². The normalized spacial score (nSPS) is 15.5. The molecule has 0 bridgehead atoms. The number of thiocarbonyl (C=S) groups is 1. The minimum absolute atomic E-state index is 0.0400. The Labute approximate surface area is 129 Å². The molecule has 0 aliphatic carbocycles. The highest BCUT2D eigenvalue weighted by Gasteiger charge is 2.22. The molecule has 0 fully saturated rings. The lowest BCUT2D eigenvalue weighted by atomic mass is 10.1. The molecule has 3 N–H and O–H groups in total. The maximum Gasteiger partial charge on any atom is 0.220 e. The number of ether oxygens (including phenoxy) is 2. The van der Waals surface area contributed by atoms with Crippen LogP contribution in [0.2, 0.25) is 0 Å². The van der Waals surface area contributed by atoms with Crippen molar-refractivity contribution in [1.82, 2.24) is 4.72 Å². The molecule has 1 aromatic carbocycles. The zero-order valence-corrected chi connectivity index (χ0v) is 13.3. The summed E-state index contributed by atoms with van der Waals surface area (Å²) in [5.41, 5.74) is 6.33. The van der Waals surface area contributed by atoms with Crippen molar-refractivity contribution in [2.24, 2.45) is 5.73 Å². The SMILES string of the molecule is CC(C(N)=S)S(=O)(=O)NCCc1ccc2c(c1)OCCO2. The summed E-state index contributed by atoms with van der Waals surface area (Å²) >= 11 is 4.71. The zero-order valence-electron chi connectivity index (χ0n) is 11.7. The Bertz CT molecular complexity index is 631. The Hall–Kier alpha value is -1.38. The van der Waals surface area contributed by atoms with Crippen LogP contribution in [-0.2, 0) is 16.4 Å². The van der Waals surface area contributed by atoms with Crippen molar-refractivity contribution >= 4 is 27.2 Å². The van der Waals surface area contributed by atoms with E-state index in [4.69, 9.17) is 27.4 Å². The van der Waals surface area contributed by atoms with E-state index in [2.05, 4.69) is 4.72 Å². The van der Waals surface area contributed by atoms with Crippen molar-refractivity contribution < 1.29 is 17.9 Å². The third kappa shape index (κ3) is 4.05. The minimum atomic E-state index is -3.52. The fourth-order valence-electron chi connectivity index (χ4n) is 1.86. The second kappa shape index (κ2) is 6.59. The summed E-state index contributed by atoms with van der Waals surface area (Å²) in [7, 11) is -3.52. The summed E-state index contributed by atoms with van der Waals surface area (Å²) in [4.78, 5) is -0.0400. The molecule has 6 nitrogen and oxygen atoms in total. The molecule has 1 aliphatic heterocycles. The second-order valence-corrected chi connectivity index (χ2v) is 7.27. The summed E-state index contributed by atoms with van der Waals surface area (Å²) in [6.07, 6.45) is 0.542. The maximum absolute atomic E-state index is 11.9. The van der Waals surface area contributed by atoms with Crippen LogP contribution in [0.5, 0.6) is 11.5 Å². The molecule has 21 heavy (non-hydrogen) atoms. The van der Waals surface area contributed by atoms with Crippen LogP contribution < -0.4 is 19.9 Å². The molecule has 0 radical (unpaired) electrons. The Morgan fingerprint density at radius 1 is 1.38 bits per heavy atom. The molecule has 116 valence electrons. The molecule has 1 aliphatic rings. The molecule has 1 aromatic rings. The van der Waals surface area contributed by atoms with Crippen molar-refractivity contribution in [2.45, 2.75) is 18.6 Å². The smallest absolute Gasteiger partial charge is 0.220 e. The highest BCUT2D eigenvalue weighted by Crippen LogP contribution is 2.30. The van der Waals surface area contributed by atoms with Gasteiger partial charge >= 0.3 is 0 Å². The summed E-state index contributed by atoms with van der Waals surface area (Å²) in [5.74, 6) is 1.41. The quantitative estimate of drug-likeness (QED) is 0.742. The van der Waals surface area contributed by atoms with E-state index >= 15 is 0 Å². The lowest BCUT2D eigenvalue weighted by Gasteiger charge is -2.19. The van der Waals surface area contributed by atoms with Crippen molar-refractivity contribution in [1.29, 1.82) is 0 Å². The van der Waals surface area contributed by atoms with Gasteiger partial charge in [0.15, 0.2) is 11.5 Å². The summed E-state index contributed by atoms with van der Waals surface area (Å²) in [5, 5.41) is -0.882. The highest BCUT2D eigenvalue weighted by molar-refractivity contribution is 7.93. The van der Waals surface area contributed by atoms with Gasteiger partial charge in [-0.2, -0.15) is 0 Å². The van der Waals surface area contributed by atoms with Gasteiger partial charge < -0.3 is 15.2 Å². The van der Waals surface area contributed by atoms with E-state index in [0.29, 0.717) is 31.1 Å². The van der Waals surface area contributed by atoms with Gasteiger partial charge in [-0.1, -0.05) is 18.3 Å². The van der Waals surface area contributed by atoms with E-state index < -0.39 is 15.3 Å². The van der Waals surface area contributed by atoms with Gasteiger partial charge in [0.1, 0.15) is 18.5 Å². The van der Waals surface area contributed by atoms with Crippen LogP contribution in [0.4, 0.5) is 0 Å². The topological polar surface area (TPSA) is 90.7 Å². The summed E-state index contributed by atoms with van der Waals surface area (Å²) < 4.78 is 37.2. The molecule has 1 heterocycles. The number of rotatable bonds is 6. The first-order chi connectivity index (χ1) is 9.90. The highest BCUT2D eigenvalue weighted by atomic mass is 32.2. The molecule has 0 amide bonds. The molecule has 1 atom stereocenters. The standard InChI is InChI=1S/C13H18N2O4S2/c1-9(13(14)20)21(16,17)15-5-4-10-2-3-11-12(8-10)19-7-6-18-11/h2-3,8-9,15H,4-7H2,1H3,(H2,14,20). The predicted octanol–water partition coefficient (Wildman–Crippen LogP) is 0.594. The first-order valence-corrected chi connectivity index (χ1v) is 8.52. The van der Waals surface area contributed by atoms with Gasteiger partial charge in [0.25, 0.3) is 0 Å². The van der Waals surface area contributed by atoms with Gasteiger partial charge in [-0.25, -0.2) is 13.1 Å². The molecule has 8 heteroatoms. The molecule has 0 spiro atoms. The maximum atomic E-state index is 11.9. The fraction of sp³-hybridized carbons (Fsp3) is 0.462. The van der Waals surface area contributed by atoms with Crippen LogP contribution in [0.25, 0.3) is 0 Å². The minimum Gasteiger partial charge on any atom is -0.486 e. The van der Waals surface area contributed by atoms with Gasteiger partial charge in [-0.15, -0.1) is 0 Å². The van der Waals surface area contributed by atoms with E-state index in [0.717, 1.165) is 5.56 Å². The predicted molar refractivity (Wildman–Crippen MR) is 84.3 cm³/mol. The monoisotopic (exact) mass is 330 g/mol. The number of hydrogen-bond donors (Lipinski definition) is 2. The first-order valence-electron chi connectivity index (χ1n) is 6.56. The van der Waals surface area contributed by atoms with Crippen LogP contribution in [-0.4, -0.2) is 38.4 Å². The fourth-order valence-corrected chi connectivity index (χ4v) is 3.18. The van der Waals surface area contributed by atoms with Crippen LogP contribution in [0.3, 0.4) is 0 Å². The van der Waals surface area contributed by atoms with E-state index in [9.17, 15) is 8.42 Å². The van der Waals surface area contributed by atoms with Gasteiger partial charge in [-0.3, -0.25) is 0 Å². The average molecular weight is 330 g/mol. The van der Waals surface area contributed by atoms with Gasteiger partial charge in [0.2, 0.25) is 10.0 Å². The zero-order chi connectivity index (χ0) is 15.5. The second-order valence-electron chi connectivity index (χ2n) is 4.71. The molecular weight excluding hydrogens is 312 g/mol. The lowest BCUT2D eigenvalue weighted by Crippen LogP contribution is -2.40. The first kappa shape index (κ1) is 16.0. The molecule has 2 rings (SSSR count). The van der Waals surface area contributed by atoms with Crippen molar-refractivity contribution in [3.63, 3.8) is 0 Å². The number of sulfonamides is 1. The van der Waals surface area contributed by atoms with E-state index in [1.54, 1.807) is 0 Å². The van der Waals surface area contributed by atoms with Gasteiger partial charge in [0.05, 0.1) is 4.99 Å². The van der Waals surface area contributed by atoms with Crippen LogP contribution in [0.1, 0.15) is 12.5 Å². The van der Waals surface area contributed by atoms with Crippen molar-refractivity contribution in [3.8, 4) is 11.5 Å². The Balaban J connectivity index is 1.93. The van der Waals surface area contributed by atoms with Crippen LogP contribution in [0.15, 0.2) is 18.2 Å². The van der Waals surface area contributed by atoms with E-state index in [1.807, 2.05) is 18.2 Å². The van der Waals surface area contributed by atoms with Crippen molar-refractivity contribution in [2.75, 3.05) is 19.8 Å². The number of nitrogens with two attached hydrogens (primary N) is 1. The van der Waals surface area contributed by atoms with Crippen LogP contribution in [0, 0.1) is 0 Å². The third-order valence-corrected chi connectivity index (χ3v) is 5.48. The summed E-state index contributed by atoms with van der Waals surface area (Å²) in [6.45, 7) is 2.81. The third-order valence-electron chi connectivity index (χ3n) is 3.19. The lowest BCUT2D eigenvalue weighted by molar-refractivity contribution is 0.171. The molecule has 1 unspecified atom stereocenters. The van der Waals surface area contributed by atoms with Gasteiger partial charge in [0, 0.05) is 6.54 Å². The van der Waals surface area contributed by atoms with E-state index in [1.165, 1.54) is 6.92 Å². The average Bonchev–Trinajstić information content (AvgIpc) is 2.46. The summed E-state index contributed by atoms with van der Waals surface area (Å²) in [6, 6.07) is 5.58. The Morgan fingerprint density at radius 3 is 2.71 bits per heavy atom. The molecular formula is C13H18N2O4S2. The van der Waals surface area contributed by atoms with Crippen LogP contribution >= 0.6 is 12.2 Å². The molecule has 0 aromatic heterocycles.